The molecule has 1 fully saturated rings. The third kappa shape index (κ3) is 3.96. The molecule has 5 heteroatoms. The number of nitrogens with zero attached hydrogens (tertiary/aromatic N) is 3. The molecular formula is C18H23N3OS. The summed E-state index contributed by atoms with van der Waals surface area (Å²) in [5.41, 5.74) is 2.30. The lowest BCUT2D eigenvalue weighted by Gasteiger charge is -2.32. The fraction of sp³-hybridized carbons (Fsp3) is 0.500. The highest BCUT2D eigenvalue weighted by atomic mass is 32.1. The van der Waals surface area contributed by atoms with Gasteiger partial charge in [-0.2, -0.15) is 0 Å². The molecule has 3 rings (SSSR count). The van der Waals surface area contributed by atoms with Crippen LogP contribution in [0, 0.1) is 13.8 Å². The van der Waals surface area contributed by atoms with Crippen molar-refractivity contribution in [3.05, 3.63) is 45.7 Å². The number of carbonyl (C=O) groups is 1. The molecule has 1 aliphatic rings. The molecule has 1 aliphatic heterocycles. The third-order valence-corrected chi connectivity index (χ3v) is 5.78. The van der Waals surface area contributed by atoms with Gasteiger partial charge >= 0.3 is 0 Å². The Kier molecular flexibility index (Phi) is 5.06. The van der Waals surface area contributed by atoms with Crippen LogP contribution in [0.15, 0.2) is 24.5 Å². The van der Waals surface area contributed by atoms with E-state index in [4.69, 9.17) is 4.98 Å². The second kappa shape index (κ2) is 7.21. The summed E-state index contributed by atoms with van der Waals surface area (Å²) in [4.78, 5) is 24.5. The highest BCUT2D eigenvalue weighted by Crippen LogP contribution is 2.31. The SMILES string of the molecule is Cc1nc([C@H]2CCCN(C(=O)CCc3ccncc3)C2)sc1C. The zero-order valence-corrected chi connectivity index (χ0v) is 14.6. The van der Waals surface area contributed by atoms with Gasteiger partial charge in [0, 0.05) is 42.7 Å². The summed E-state index contributed by atoms with van der Waals surface area (Å²) in [5, 5.41) is 1.20. The minimum atomic E-state index is 0.261. The van der Waals surface area contributed by atoms with Crippen LogP contribution in [0.25, 0.3) is 0 Å². The number of thiazole rings is 1. The zero-order valence-electron chi connectivity index (χ0n) is 13.8. The lowest BCUT2D eigenvalue weighted by molar-refractivity contribution is -0.132. The molecular weight excluding hydrogens is 306 g/mol. The molecule has 1 atom stereocenters. The van der Waals surface area contributed by atoms with E-state index in [0.29, 0.717) is 12.3 Å². The van der Waals surface area contributed by atoms with E-state index in [-0.39, 0.29) is 5.91 Å². The second-order valence-corrected chi connectivity index (χ2v) is 7.46. The summed E-state index contributed by atoms with van der Waals surface area (Å²) in [6.07, 6.45) is 7.14. The van der Waals surface area contributed by atoms with Gasteiger partial charge < -0.3 is 4.90 Å². The van der Waals surface area contributed by atoms with Crippen molar-refractivity contribution < 1.29 is 4.79 Å². The molecule has 0 spiro atoms. The Hall–Kier alpha value is -1.75. The zero-order chi connectivity index (χ0) is 16.2. The van der Waals surface area contributed by atoms with E-state index < -0.39 is 0 Å². The van der Waals surface area contributed by atoms with Crippen LogP contribution in [0.1, 0.15) is 46.3 Å². The monoisotopic (exact) mass is 329 g/mol. The lowest BCUT2D eigenvalue weighted by Crippen LogP contribution is -2.39. The van der Waals surface area contributed by atoms with Crippen LogP contribution >= 0.6 is 11.3 Å². The first-order valence-corrected chi connectivity index (χ1v) is 9.05. The summed E-state index contributed by atoms with van der Waals surface area (Å²) >= 11 is 1.79. The van der Waals surface area contributed by atoms with E-state index in [1.807, 2.05) is 17.0 Å². The van der Waals surface area contributed by atoms with Gasteiger partial charge in [0.1, 0.15) is 0 Å². The summed E-state index contributed by atoms with van der Waals surface area (Å²) in [7, 11) is 0. The quantitative estimate of drug-likeness (QED) is 0.862. The van der Waals surface area contributed by atoms with Crippen molar-refractivity contribution in [1.82, 2.24) is 14.9 Å². The summed E-state index contributed by atoms with van der Waals surface area (Å²) in [6, 6.07) is 3.96. The van der Waals surface area contributed by atoms with Crippen molar-refractivity contribution >= 4 is 17.2 Å². The van der Waals surface area contributed by atoms with Crippen molar-refractivity contribution in [2.24, 2.45) is 0 Å². The van der Waals surface area contributed by atoms with Gasteiger partial charge in [0.15, 0.2) is 0 Å². The molecule has 4 nitrogen and oxygen atoms in total. The Morgan fingerprint density at radius 1 is 1.35 bits per heavy atom. The first-order valence-electron chi connectivity index (χ1n) is 8.24. The number of carbonyl (C=O) groups excluding carboxylic acids is 1. The van der Waals surface area contributed by atoms with E-state index in [1.165, 1.54) is 15.4 Å². The van der Waals surface area contributed by atoms with Gasteiger partial charge in [-0.3, -0.25) is 9.78 Å². The molecule has 1 amide bonds. The topological polar surface area (TPSA) is 46.1 Å². The molecule has 0 aliphatic carbocycles. The molecule has 3 heterocycles. The van der Waals surface area contributed by atoms with Crippen LogP contribution in [0.4, 0.5) is 0 Å². The van der Waals surface area contributed by atoms with E-state index >= 15 is 0 Å². The average Bonchev–Trinajstić information content (AvgIpc) is 2.93. The molecule has 0 aromatic carbocycles. The highest BCUT2D eigenvalue weighted by molar-refractivity contribution is 7.11. The molecule has 2 aromatic heterocycles. The molecule has 122 valence electrons. The number of amides is 1. The van der Waals surface area contributed by atoms with Crippen molar-refractivity contribution in [2.45, 2.75) is 45.4 Å². The molecule has 2 aromatic rings. The maximum absolute atomic E-state index is 12.5. The maximum atomic E-state index is 12.5. The van der Waals surface area contributed by atoms with Gasteiger partial charge in [-0.25, -0.2) is 4.98 Å². The fourth-order valence-corrected chi connectivity index (χ4v) is 4.08. The number of rotatable bonds is 4. The highest BCUT2D eigenvalue weighted by Gasteiger charge is 2.26. The fourth-order valence-electron chi connectivity index (χ4n) is 3.04. The number of hydrogen-bond acceptors (Lipinski definition) is 4. The maximum Gasteiger partial charge on any atom is 0.222 e. The largest absolute Gasteiger partial charge is 0.342 e. The van der Waals surface area contributed by atoms with E-state index in [0.717, 1.165) is 38.0 Å². The normalized spacial score (nSPS) is 18.2. The predicted octanol–water partition coefficient (Wildman–Crippen LogP) is 3.49. The Morgan fingerprint density at radius 3 is 2.83 bits per heavy atom. The van der Waals surface area contributed by atoms with Crippen molar-refractivity contribution in [3.8, 4) is 0 Å². The van der Waals surface area contributed by atoms with E-state index in [1.54, 1.807) is 23.7 Å². The Labute approximate surface area is 141 Å². The predicted molar refractivity (Wildman–Crippen MR) is 92.7 cm³/mol. The van der Waals surface area contributed by atoms with Gasteiger partial charge in [0.2, 0.25) is 5.91 Å². The average molecular weight is 329 g/mol. The number of hydrogen-bond donors (Lipinski definition) is 0. The molecule has 23 heavy (non-hydrogen) atoms. The minimum absolute atomic E-state index is 0.261. The third-order valence-electron chi connectivity index (χ3n) is 4.55. The summed E-state index contributed by atoms with van der Waals surface area (Å²) < 4.78 is 0. The Balaban J connectivity index is 1.58. The minimum Gasteiger partial charge on any atom is -0.342 e. The van der Waals surface area contributed by atoms with Crippen molar-refractivity contribution in [3.63, 3.8) is 0 Å². The molecule has 0 unspecified atom stereocenters. The molecule has 1 saturated heterocycles. The molecule has 0 radical (unpaired) electrons. The van der Waals surface area contributed by atoms with Crippen LogP contribution < -0.4 is 0 Å². The van der Waals surface area contributed by atoms with E-state index in [2.05, 4.69) is 18.8 Å². The smallest absolute Gasteiger partial charge is 0.222 e. The van der Waals surface area contributed by atoms with Crippen LogP contribution in [0.3, 0.4) is 0 Å². The number of pyridine rings is 1. The van der Waals surface area contributed by atoms with Gasteiger partial charge in [-0.15, -0.1) is 11.3 Å². The van der Waals surface area contributed by atoms with Crippen LogP contribution in [-0.4, -0.2) is 33.9 Å². The van der Waals surface area contributed by atoms with Gasteiger partial charge in [-0.05, 0) is 50.8 Å². The molecule has 0 N–H and O–H groups in total. The van der Waals surface area contributed by atoms with Gasteiger partial charge in [0.05, 0.1) is 10.7 Å². The van der Waals surface area contributed by atoms with Crippen LogP contribution in [-0.2, 0) is 11.2 Å². The van der Waals surface area contributed by atoms with Crippen molar-refractivity contribution in [2.75, 3.05) is 13.1 Å². The number of aryl methyl sites for hydroxylation is 3. The summed E-state index contributed by atoms with van der Waals surface area (Å²) in [5.74, 6) is 0.669. The Morgan fingerprint density at radius 2 is 2.13 bits per heavy atom. The lowest BCUT2D eigenvalue weighted by atomic mass is 9.98. The van der Waals surface area contributed by atoms with Crippen LogP contribution in [0.5, 0.6) is 0 Å². The number of aromatic nitrogens is 2. The van der Waals surface area contributed by atoms with Crippen molar-refractivity contribution in [1.29, 1.82) is 0 Å². The summed E-state index contributed by atoms with van der Waals surface area (Å²) in [6.45, 7) is 5.89. The first kappa shape index (κ1) is 16.1. The van der Waals surface area contributed by atoms with Crippen LogP contribution in [0.2, 0.25) is 0 Å². The van der Waals surface area contributed by atoms with Gasteiger partial charge in [0.25, 0.3) is 0 Å². The first-order chi connectivity index (χ1) is 11.1. The molecule has 0 bridgehead atoms. The number of piperidine rings is 1. The number of likely N-dealkylation sites (tertiary alicyclic amines) is 1. The molecule has 0 saturated carbocycles. The second-order valence-electron chi connectivity index (χ2n) is 6.23. The van der Waals surface area contributed by atoms with Gasteiger partial charge in [-0.1, -0.05) is 0 Å². The Bertz CT molecular complexity index is 649. The van der Waals surface area contributed by atoms with E-state index in [9.17, 15) is 4.79 Å². The standard InChI is InChI=1S/C18H23N3OS/c1-13-14(2)23-18(20-13)16-4-3-11-21(12-16)17(22)6-5-15-7-9-19-10-8-15/h7-10,16H,3-6,11-12H2,1-2H3/t16-/m0/s1.